The van der Waals surface area contributed by atoms with Crippen LogP contribution in [0, 0.1) is 12.7 Å². The molecule has 0 saturated carbocycles. The Labute approximate surface area is 136 Å². The summed E-state index contributed by atoms with van der Waals surface area (Å²) in [6.45, 7) is 7.15. The lowest BCUT2D eigenvalue weighted by Gasteiger charge is -2.26. The standard InChI is InChI=1S/C19H23FN2O/c1-14-4-8-16(9-5-14)19(2,3)13-22-18(23)21-12-15-6-10-17(20)11-7-15/h4-11H,12-13H2,1-3H3,(H2,21,22,23). The van der Waals surface area contributed by atoms with Crippen LogP contribution < -0.4 is 10.6 Å². The van der Waals surface area contributed by atoms with Gasteiger partial charge in [-0.15, -0.1) is 0 Å². The van der Waals surface area contributed by atoms with Crippen LogP contribution in [0.4, 0.5) is 9.18 Å². The molecule has 0 radical (unpaired) electrons. The number of amides is 2. The number of hydrogen-bond acceptors (Lipinski definition) is 1. The molecule has 0 saturated heterocycles. The summed E-state index contributed by atoms with van der Waals surface area (Å²) >= 11 is 0. The molecular weight excluding hydrogens is 291 g/mol. The van der Waals surface area contributed by atoms with Crippen molar-refractivity contribution < 1.29 is 9.18 Å². The Morgan fingerprint density at radius 1 is 1.00 bits per heavy atom. The van der Waals surface area contributed by atoms with Crippen molar-refractivity contribution in [3.05, 3.63) is 71.0 Å². The molecule has 23 heavy (non-hydrogen) atoms. The number of nitrogens with one attached hydrogen (secondary N) is 2. The van der Waals surface area contributed by atoms with Crippen molar-refractivity contribution in [2.45, 2.75) is 32.7 Å². The first-order chi connectivity index (χ1) is 10.9. The normalized spacial score (nSPS) is 11.1. The Morgan fingerprint density at radius 3 is 2.22 bits per heavy atom. The van der Waals surface area contributed by atoms with Crippen LogP contribution in [0.3, 0.4) is 0 Å². The molecule has 0 spiro atoms. The van der Waals surface area contributed by atoms with E-state index in [1.54, 1.807) is 12.1 Å². The van der Waals surface area contributed by atoms with Gasteiger partial charge in [-0.1, -0.05) is 55.8 Å². The van der Waals surface area contributed by atoms with Crippen molar-refractivity contribution in [1.29, 1.82) is 0 Å². The number of urea groups is 1. The topological polar surface area (TPSA) is 41.1 Å². The number of halogens is 1. The average Bonchev–Trinajstić information content (AvgIpc) is 2.53. The fraction of sp³-hybridized carbons (Fsp3) is 0.316. The zero-order chi connectivity index (χ0) is 16.9. The van der Waals surface area contributed by atoms with Gasteiger partial charge in [0, 0.05) is 18.5 Å². The summed E-state index contributed by atoms with van der Waals surface area (Å²) in [5.41, 5.74) is 3.11. The third-order valence-electron chi connectivity index (χ3n) is 3.89. The maximum Gasteiger partial charge on any atom is 0.315 e. The summed E-state index contributed by atoms with van der Waals surface area (Å²) in [7, 11) is 0. The fourth-order valence-corrected chi connectivity index (χ4v) is 2.26. The Balaban J connectivity index is 1.83. The van der Waals surface area contributed by atoms with Crippen LogP contribution in [-0.2, 0) is 12.0 Å². The summed E-state index contributed by atoms with van der Waals surface area (Å²) < 4.78 is 12.8. The van der Waals surface area contributed by atoms with E-state index >= 15 is 0 Å². The maximum absolute atomic E-state index is 12.8. The van der Waals surface area contributed by atoms with Crippen LogP contribution in [0.15, 0.2) is 48.5 Å². The molecule has 0 bridgehead atoms. The molecule has 0 heterocycles. The van der Waals surface area contributed by atoms with Gasteiger partial charge < -0.3 is 10.6 Å². The molecule has 2 N–H and O–H groups in total. The van der Waals surface area contributed by atoms with E-state index in [9.17, 15) is 9.18 Å². The lowest BCUT2D eigenvalue weighted by Crippen LogP contribution is -2.42. The van der Waals surface area contributed by atoms with Gasteiger partial charge in [0.15, 0.2) is 0 Å². The van der Waals surface area contributed by atoms with E-state index in [1.165, 1.54) is 23.3 Å². The molecule has 0 aliphatic carbocycles. The van der Waals surface area contributed by atoms with E-state index in [1.807, 2.05) is 0 Å². The zero-order valence-electron chi connectivity index (χ0n) is 13.8. The molecule has 0 atom stereocenters. The molecule has 0 fully saturated rings. The van der Waals surface area contributed by atoms with Crippen molar-refractivity contribution >= 4 is 6.03 Å². The van der Waals surface area contributed by atoms with Crippen molar-refractivity contribution in [3.8, 4) is 0 Å². The van der Waals surface area contributed by atoms with Gasteiger partial charge in [0.1, 0.15) is 5.82 Å². The first-order valence-corrected chi connectivity index (χ1v) is 7.70. The highest BCUT2D eigenvalue weighted by molar-refractivity contribution is 5.74. The fourth-order valence-electron chi connectivity index (χ4n) is 2.26. The summed E-state index contributed by atoms with van der Waals surface area (Å²) in [4.78, 5) is 11.9. The second kappa shape index (κ2) is 7.27. The highest BCUT2D eigenvalue weighted by Gasteiger charge is 2.21. The molecule has 3 nitrogen and oxygen atoms in total. The minimum absolute atomic E-state index is 0.152. The third kappa shape index (κ3) is 5.09. The van der Waals surface area contributed by atoms with Crippen LogP contribution in [-0.4, -0.2) is 12.6 Å². The van der Waals surface area contributed by atoms with E-state index in [0.29, 0.717) is 13.1 Å². The Bertz CT molecular complexity index is 648. The van der Waals surface area contributed by atoms with Crippen molar-refractivity contribution in [2.24, 2.45) is 0 Å². The molecule has 122 valence electrons. The van der Waals surface area contributed by atoms with Gasteiger partial charge in [-0.25, -0.2) is 9.18 Å². The van der Waals surface area contributed by atoms with Gasteiger partial charge in [-0.2, -0.15) is 0 Å². The summed E-state index contributed by atoms with van der Waals surface area (Å²) in [6, 6.07) is 14.2. The number of aryl methyl sites for hydroxylation is 1. The maximum atomic E-state index is 12.8. The Morgan fingerprint density at radius 2 is 1.61 bits per heavy atom. The largest absolute Gasteiger partial charge is 0.337 e. The second-order valence-electron chi connectivity index (χ2n) is 6.41. The number of carbonyl (C=O) groups is 1. The molecule has 2 aromatic carbocycles. The lowest BCUT2D eigenvalue weighted by molar-refractivity contribution is 0.238. The van der Waals surface area contributed by atoms with Crippen molar-refractivity contribution in [3.63, 3.8) is 0 Å². The van der Waals surface area contributed by atoms with Gasteiger partial charge in [0.05, 0.1) is 0 Å². The molecule has 0 aliphatic heterocycles. The highest BCUT2D eigenvalue weighted by atomic mass is 19.1. The first-order valence-electron chi connectivity index (χ1n) is 7.70. The molecule has 0 aliphatic rings. The number of carbonyl (C=O) groups excluding carboxylic acids is 1. The van der Waals surface area contributed by atoms with E-state index < -0.39 is 0 Å². The second-order valence-corrected chi connectivity index (χ2v) is 6.41. The average molecular weight is 314 g/mol. The Kier molecular flexibility index (Phi) is 5.37. The minimum Gasteiger partial charge on any atom is -0.337 e. The van der Waals surface area contributed by atoms with Crippen LogP contribution >= 0.6 is 0 Å². The molecule has 2 amide bonds. The highest BCUT2D eigenvalue weighted by Crippen LogP contribution is 2.22. The van der Waals surface area contributed by atoms with Gasteiger partial charge in [0.25, 0.3) is 0 Å². The molecule has 0 aromatic heterocycles. The van der Waals surface area contributed by atoms with Crippen LogP contribution in [0.1, 0.15) is 30.5 Å². The van der Waals surface area contributed by atoms with Gasteiger partial charge in [0.2, 0.25) is 0 Å². The van der Waals surface area contributed by atoms with E-state index in [0.717, 1.165) is 5.56 Å². The monoisotopic (exact) mass is 314 g/mol. The summed E-state index contributed by atoms with van der Waals surface area (Å²) in [5.74, 6) is -0.280. The third-order valence-corrected chi connectivity index (χ3v) is 3.89. The summed E-state index contributed by atoms with van der Waals surface area (Å²) in [6.07, 6.45) is 0. The number of rotatable bonds is 5. The number of hydrogen-bond donors (Lipinski definition) is 2. The van der Waals surface area contributed by atoms with Crippen molar-refractivity contribution in [2.75, 3.05) is 6.54 Å². The lowest BCUT2D eigenvalue weighted by atomic mass is 9.84. The molecule has 4 heteroatoms. The van der Waals surface area contributed by atoms with E-state index in [-0.39, 0.29) is 17.3 Å². The zero-order valence-corrected chi connectivity index (χ0v) is 13.8. The van der Waals surface area contributed by atoms with Crippen LogP contribution in [0.25, 0.3) is 0 Å². The smallest absolute Gasteiger partial charge is 0.315 e. The van der Waals surface area contributed by atoms with E-state index in [4.69, 9.17) is 0 Å². The quantitative estimate of drug-likeness (QED) is 0.863. The predicted molar refractivity (Wildman–Crippen MR) is 90.8 cm³/mol. The SMILES string of the molecule is Cc1ccc(C(C)(C)CNC(=O)NCc2ccc(F)cc2)cc1. The molecule has 0 unspecified atom stereocenters. The molecular formula is C19H23FN2O. The molecule has 2 rings (SSSR count). The van der Waals surface area contributed by atoms with E-state index in [2.05, 4.69) is 55.7 Å². The predicted octanol–water partition coefficient (Wildman–Crippen LogP) is 3.91. The Hall–Kier alpha value is -2.36. The van der Waals surface area contributed by atoms with Crippen LogP contribution in [0.5, 0.6) is 0 Å². The van der Waals surface area contributed by atoms with Gasteiger partial charge in [-0.05, 0) is 30.2 Å². The first kappa shape index (κ1) is 17.0. The molecule has 2 aromatic rings. The van der Waals surface area contributed by atoms with Crippen LogP contribution in [0.2, 0.25) is 0 Å². The minimum atomic E-state index is -0.280. The van der Waals surface area contributed by atoms with Gasteiger partial charge >= 0.3 is 6.03 Å². The van der Waals surface area contributed by atoms with Gasteiger partial charge in [-0.3, -0.25) is 0 Å². The number of benzene rings is 2. The van der Waals surface area contributed by atoms with Crippen molar-refractivity contribution in [1.82, 2.24) is 10.6 Å². The summed E-state index contributed by atoms with van der Waals surface area (Å²) in [5, 5.41) is 5.67.